The highest BCUT2D eigenvalue weighted by Gasteiger charge is 2.11. The summed E-state index contributed by atoms with van der Waals surface area (Å²) >= 11 is 6.59. The molecule has 0 radical (unpaired) electrons. The smallest absolute Gasteiger partial charge is 0.143 e. The van der Waals surface area contributed by atoms with Gasteiger partial charge in [-0.25, -0.2) is 4.39 Å². The molecule has 2 aromatic carbocycles. The Hall–Kier alpha value is -0.910. The van der Waals surface area contributed by atoms with E-state index in [4.69, 9.17) is 0 Å². The van der Waals surface area contributed by atoms with E-state index in [9.17, 15) is 9.50 Å². The van der Waals surface area contributed by atoms with Gasteiger partial charge < -0.3 is 10.4 Å². The molecule has 0 amide bonds. The van der Waals surface area contributed by atoms with E-state index < -0.39 is 0 Å². The lowest BCUT2D eigenvalue weighted by atomic mass is 10.1. The van der Waals surface area contributed by atoms with E-state index in [2.05, 4.69) is 37.2 Å². The van der Waals surface area contributed by atoms with E-state index in [1.54, 1.807) is 12.1 Å². The Labute approximate surface area is 134 Å². The Bertz CT molecular complexity index is 596. The lowest BCUT2D eigenvalue weighted by molar-refractivity contribution is 0.467. The molecule has 0 aliphatic heterocycles. The molecule has 20 heavy (non-hydrogen) atoms. The van der Waals surface area contributed by atoms with Crippen LogP contribution < -0.4 is 5.32 Å². The number of halogens is 3. The quantitative estimate of drug-likeness (QED) is 0.761. The van der Waals surface area contributed by atoms with Crippen LogP contribution in [0.1, 0.15) is 24.1 Å². The van der Waals surface area contributed by atoms with E-state index in [1.807, 2.05) is 25.1 Å². The largest absolute Gasteiger partial charge is 0.506 e. The number of phenolic OH excluding ortho intramolecular Hbond substituents is 1. The topological polar surface area (TPSA) is 32.3 Å². The van der Waals surface area contributed by atoms with Gasteiger partial charge in [0, 0.05) is 18.2 Å². The zero-order valence-electron chi connectivity index (χ0n) is 10.8. The number of phenols is 1. The fourth-order valence-electron chi connectivity index (χ4n) is 1.93. The predicted octanol–water partition coefficient (Wildman–Crippen LogP) is 4.91. The highest BCUT2D eigenvalue weighted by molar-refractivity contribution is 9.11. The molecule has 0 saturated heterocycles. The van der Waals surface area contributed by atoms with Crippen molar-refractivity contribution in [3.05, 3.63) is 62.3 Å². The molecule has 2 aromatic rings. The predicted molar refractivity (Wildman–Crippen MR) is 85.2 cm³/mol. The first-order valence-electron chi connectivity index (χ1n) is 6.13. The molecular formula is C15H14Br2FNO. The van der Waals surface area contributed by atoms with Crippen molar-refractivity contribution in [3.8, 4) is 5.75 Å². The Morgan fingerprint density at radius 2 is 1.80 bits per heavy atom. The van der Waals surface area contributed by atoms with Crippen molar-refractivity contribution in [1.82, 2.24) is 5.32 Å². The molecule has 0 fully saturated rings. The molecule has 0 heterocycles. The van der Waals surface area contributed by atoms with Gasteiger partial charge in [-0.2, -0.15) is 0 Å². The SMILES string of the molecule is C[C@@H](NCc1cc(Br)c(O)c(Br)c1)c1ccccc1F. The number of benzene rings is 2. The van der Waals surface area contributed by atoms with Gasteiger partial charge in [0.2, 0.25) is 0 Å². The number of nitrogens with one attached hydrogen (secondary N) is 1. The van der Waals surface area contributed by atoms with Crippen LogP contribution in [0.15, 0.2) is 45.3 Å². The molecule has 0 unspecified atom stereocenters. The summed E-state index contributed by atoms with van der Waals surface area (Å²) in [6, 6.07) is 10.3. The van der Waals surface area contributed by atoms with Crippen LogP contribution in [0, 0.1) is 5.82 Å². The second-order valence-electron chi connectivity index (χ2n) is 4.53. The van der Waals surface area contributed by atoms with Crippen LogP contribution in [0.25, 0.3) is 0 Å². The molecule has 106 valence electrons. The molecule has 0 spiro atoms. The molecule has 2 N–H and O–H groups in total. The fraction of sp³-hybridized carbons (Fsp3) is 0.200. The van der Waals surface area contributed by atoms with Gasteiger partial charge in [0.05, 0.1) is 8.95 Å². The van der Waals surface area contributed by atoms with E-state index in [0.717, 1.165) is 5.56 Å². The minimum atomic E-state index is -0.208. The summed E-state index contributed by atoms with van der Waals surface area (Å²) in [5.41, 5.74) is 1.63. The van der Waals surface area contributed by atoms with E-state index >= 15 is 0 Å². The van der Waals surface area contributed by atoms with Crippen LogP contribution in [-0.2, 0) is 6.54 Å². The molecular weight excluding hydrogens is 389 g/mol. The van der Waals surface area contributed by atoms with Crippen LogP contribution >= 0.6 is 31.9 Å². The Kier molecular flexibility index (Phi) is 5.18. The third-order valence-corrected chi connectivity index (χ3v) is 4.27. The van der Waals surface area contributed by atoms with Crippen molar-refractivity contribution >= 4 is 31.9 Å². The summed E-state index contributed by atoms with van der Waals surface area (Å²) < 4.78 is 14.9. The summed E-state index contributed by atoms with van der Waals surface area (Å²) in [5.74, 6) is -0.0310. The maximum Gasteiger partial charge on any atom is 0.143 e. The first kappa shape index (κ1) is 15.5. The van der Waals surface area contributed by atoms with Gasteiger partial charge >= 0.3 is 0 Å². The summed E-state index contributed by atoms with van der Waals surface area (Å²) in [6.07, 6.45) is 0. The maximum absolute atomic E-state index is 13.7. The monoisotopic (exact) mass is 401 g/mol. The number of hydrogen-bond acceptors (Lipinski definition) is 2. The molecule has 0 bridgehead atoms. The number of rotatable bonds is 4. The number of hydrogen-bond donors (Lipinski definition) is 2. The first-order valence-corrected chi connectivity index (χ1v) is 7.72. The van der Waals surface area contributed by atoms with Gasteiger partial charge in [0.1, 0.15) is 11.6 Å². The summed E-state index contributed by atoms with van der Waals surface area (Å²) in [5, 5.41) is 12.9. The molecule has 0 aliphatic rings. The normalized spacial score (nSPS) is 12.4. The van der Waals surface area contributed by atoms with E-state index in [0.29, 0.717) is 21.1 Å². The van der Waals surface area contributed by atoms with Crippen LogP contribution in [0.2, 0.25) is 0 Å². The Balaban J connectivity index is 2.07. The highest BCUT2D eigenvalue weighted by atomic mass is 79.9. The van der Waals surface area contributed by atoms with Crippen LogP contribution in [0.5, 0.6) is 5.75 Å². The highest BCUT2D eigenvalue weighted by Crippen LogP contribution is 2.33. The minimum absolute atomic E-state index is 0.0949. The Morgan fingerprint density at radius 3 is 2.40 bits per heavy atom. The van der Waals surface area contributed by atoms with Gasteiger partial charge in [0.25, 0.3) is 0 Å². The molecule has 0 saturated carbocycles. The van der Waals surface area contributed by atoms with E-state index in [1.165, 1.54) is 6.07 Å². The number of aromatic hydroxyl groups is 1. The van der Waals surface area contributed by atoms with Crippen LogP contribution in [0.4, 0.5) is 4.39 Å². The zero-order valence-corrected chi connectivity index (χ0v) is 14.0. The van der Waals surface area contributed by atoms with Crippen molar-refractivity contribution in [3.63, 3.8) is 0 Å². The van der Waals surface area contributed by atoms with Crippen LogP contribution in [-0.4, -0.2) is 5.11 Å². The lowest BCUT2D eigenvalue weighted by Crippen LogP contribution is -2.19. The van der Waals surface area contributed by atoms with E-state index in [-0.39, 0.29) is 17.6 Å². The standard InChI is InChI=1S/C15H14Br2FNO/c1-9(11-4-2-3-5-14(11)18)19-8-10-6-12(16)15(20)13(17)7-10/h2-7,9,19-20H,8H2,1H3/t9-/m1/s1. The fourth-order valence-corrected chi connectivity index (χ4v) is 3.21. The second kappa shape index (κ2) is 6.70. The average Bonchev–Trinajstić information content (AvgIpc) is 2.42. The zero-order chi connectivity index (χ0) is 14.7. The van der Waals surface area contributed by atoms with Gasteiger partial charge in [0.15, 0.2) is 0 Å². The van der Waals surface area contributed by atoms with Crippen molar-refractivity contribution in [1.29, 1.82) is 0 Å². The average molecular weight is 403 g/mol. The third-order valence-electron chi connectivity index (χ3n) is 3.06. The molecule has 0 aromatic heterocycles. The summed E-state index contributed by atoms with van der Waals surface area (Å²) in [6.45, 7) is 2.50. The third kappa shape index (κ3) is 3.59. The van der Waals surface area contributed by atoms with Crippen molar-refractivity contribution in [2.75, 3.05) is 0 Å². The van der Waals surface area contributed by atoms with Gasteiger partial charge in [-0.1, -0.05) is 18.2 Å². The van der Waals surface area contributed by atoms with Crippen molar-refractivity contribution < 1.29 is 9.50 Å². The first-order chi connectivity index (χ1) is 9.49. The Morgan fingerprint density at radius 1 is 1.20 bits per heavy atom. The molecule has 5 heteroatoms. The molecule has 1 atom stereocenters. The summed E-state index contributed by atoms with van der Waals surface area (Å²) in [7, 11) is 0. The second-order valence-corrected chi connectivity index (χ2v) is 6.24. The van der Waals surface area contributed by atoms with Crippen LogP contribution in [0.3, 0.4) is 0 Å². The van der Waals surface area contributed by atoms with Crippen molar-refractivity contribution in [2.24, 2.45) is 0 Å². The van der Waals surface area contributed by atoms with Gasteiger partial charge in [-0.05, 0) is 62.5 Å². The minimum Gasteiger partial charge on any atom is -0.506 e. The van der Waals surface area contributed by atoms with Crippen molar-refractivity contribution in [2.45, 2.75) is 19.5 Å². The molecule has 0 aliphatic carbocycles. The molecule has 2 rings (SSSR count). The maximum atomic E-state index is 13.7. The molecule has 2 nitrogen and oxygen atoms in total. The van der Waals surface area contributed by atoms with Gasteiger partial charge in [-0.15, -0.1) is 0 Å². The lowest BCUT2D eigenvalue weighted by Gasteiger charge is -2.15. The summed E-state index contributed by atoms with van der Waals surface area (Å²) in [4.78, 5) is 0. The van der Waals surface area contributed by atoms with Gasteiger partial charge in [-0.3, -0.25) is 0 Å².